The molecule has 1 aromatic heterocycles. The first-order valence-corrected chi connectivity index (χ1v) is 9.28. The molecule has 1 aromatic carbocycles. The molecule has 0 spiro atoms. The number of nitrogens with zero attached hydrogens (tertiary/aromatic N) is 1. The van der Waals surface area contributed by atoms with Crippen LogP contribution in [0.3, 0.4) is 0 Å². The summed E-state index contributed by atoms with van der Waals surface area (Å²) in [5, 5.41) is 4.76. The molecule has 2 nitrogen and oxygen atoms in total. The largest absolute Gasteiger partial charge is 0.381 e. The minimum absolute atomic E-state index is 0.538. The minimum Gasteiger partial charge on any atom is -0.381 e. The second-order valence-corrected chi connectivity index (χ2v) is 7.18. The zero-order valence-corrected chi connectivity index (χ0v) is 14.1. The number of hydrogen-bond donors (Lipinski definition) is 1. The molecular weight excluding hydrogens is 288 g/mol. The van der Waals surface area contributed by atoms with E-state index in [-0.39, 0.29) is 0 Å². The predicted octanol–water partition coefficient (Wildman–Crippen LogP) is 5.19. The molecule has 1 saturated carbocycles. The van der Waals surface area contributed by atoms with Gasteiger partial charge in [0.2, 0.25) is 0 Å². The highest BCUT2D eigenvalue weighted by atomic mass is 32.2. The van der Waals surface area contributed by atoms with Gasteiger partial charge < -0.3 is 5.32 Å². The Hall–Kier alpha value is -1.48. The van der Waals surface area contributed by atoms with E-state index in [1.807, 2.05) is 6.20 Å². The van der Waals surface area contributed by atoms with Crippen molar-refractivity contribution in [2.45, 2.75) is 43.2 Å². The van der Waals surface area contributed by atoms with Crippen LogP contribution in [-0.2, 0) is 0 Å². The van der Waals surface area contributed by atoms with Crippen molar-refractivity contribution in [1.29, 1.82) is 0 Å². The Morgan fingerprint density at radius 2 is 1.86 bits per heavy atom. The summed E-state index contributed by atoms with van der Waals surface area (Å²) in [6.45, 7) is 2.37. The Kier molecular flexibility index (Phi) is 5.04. The average molecular weight is 312 g/mol. The van der Waals surface area contributed by atoms with Gasteiger partial charge in [0.15, 0.2) is 0 Å². The van der Waals surface area contributed by atoms with E-state index < -0.39 is 0 Å². The van der Waals surface area contributed by atoms with Gasteiger partial charge in [0.05, 0.1) is 16.9 Å². The number of pyridine rings is 1. The lowest BCUT2D eigenvalue weighted by atomic mass is 9.76. The van der Waals surface area contributed by atoms with Gasteiger partial charge in [-0.3, -0.25) is 0 Å². The number of anilines is 1. The molecule has 0 saturated heterocycles. The maximum atomic E-state index is 4.46. The zero-order valence-electron chi connectivity index (χ0n) is 13.3. The van der Waals surface area contributed by atoms with Crippen LogP contribution >= 0.6 is 11.8 Å². The van der Waals surface area contributed by atoms with E-state index in [4.69, 9.17) is 0 Å². The SMILES string of the molecule is CSc1ccc(NC2CC(C)CC(c3ccccc3)C2)cn1. The van der Waals surface area contributed by atoms with Gasteiger partial charge in [-0.15, -0.1) is 11.8 Å². The van der Waals surface area contributed by atoms with Gasteiger partial charge >= 0.3 is 0 Å². The lowest BCUT2D eigenvalue weighted by Gasteiger charge is -2.34. The fourth-order valence-corrected chi connectivity index (χ4v) is 3.90. The van der Waals surface area contributed by atoms with E-state index >= 15 is 0 Å². The smallest absolute Gasteiger partial charge is 0.0958 e. The highest BCUT2D eigenvalue weighted by Crippen LogP contribution is 2.37. The van der Waals surface area contributed by atoms with Crippen LogP contribution in [0.1, 0.15) is 37.7 Å². The number of benzene rings is 1. The average Bonchev–Trinajstić information content (AvgIpc) is 2.56. The van der Waals surface area contributed by atoms with Crippen LogP contribution in [0.25, 0.3) is 0 Å². The van der Waals surface area contributed by atoms with Crippen molar-refractivity contribution in [2.75, 3.05) is 11.6 Å². The number of hydrogen-bond acceptors (Lipinski definition) is 3. The molecule has 0 amide bonds. The van der Waals surface area contributed by atoms with Crippen LogP contribution in [0, 0.1) is 5.92 Å². The molecule has 116 valence electrons. The van der Waals surface area contributed by atoms with Crippen molar-refractivity contribution in [1.82, 2.24) is 4.98 Å². The topological polar surface area (TPSA) is 24.9 Å². The fraction of sp³-hybridized carbons (Fsp3) is 0.421. The fourth-order valence-electron chi connectivity index (χ4n) is 3.54. The van der Waals surface area contributed by atoms with Gasteiger partial charge in [-0.25, -0.2) is 4.98 Å². The van der Waals surface area contributed by atoms with Crippen molar-refractivity contribution in [3.63, 3.8) is 0 Å². The molecule has 22 heavy (non-hydrogen) atoms. The first-order valence-electron chi connectivity index (χ1n) is 8.06. The van der Waals surface area contributed by atoms with Crippen LogP contribution in [0.15, 0.2) is 53.7 Å². The van der Waals surface area contributed by atoms with Crippen molar-refractivity contribution in [3.8, 4) is 0 Å². The molecule has 0 aliphatic heterocycles. The van der Waals surface area contributed by atoms with Crippen molar-refractivity contribution in [2.24, 2.45) is 5.92 Å². The number of rotatable bonds is 4. The number of aromatic nitrogens is 1. The van der Waals surface area contributed by atoms with Crippen LogP contribution in [0.5, 0.6) is 0 Å². The molecule has 3 atom stereocenters. The highest BCUT2D eigenvalue weighted by Gasteiger charge is 2.27. The Balaban J connectivity index is 1.68. The first-order chi connectivity index (χ1) is 10.7. The quantitative estimate of drug-likeness (QED) is 0.787. The molecule has 3 rings (SSSR count). The molecule has 2 aromatic rings. The summed E-state index contributed by atoms with van der Waals surface area (Å²) in [7, 11) is 0. The van der Waals surface area contributed by atoms with E-state index in [1.54, 1.807) is 11.8 Å². The maximum absolute atomic E-state index is 4.46. The monoisotopic (exact) mass is 312 g/mol. The summed E-state index contributed by atoms with van der Waals surface area (Å²) in [6, 6.07) is 15.7. The molecule has 0 bridgehead atoms. The van der Waals surface area contributed by atoms with Crippen molar-refractivity contribution < 1.29 is 0 Å². The lowest BCUT2D eigenvalue weighted by molar-refractivity contribution is 0.321. The van der Waals surface area contributed by atoms with E-state index in [0.29, 0.717) is 12.0 Å². The van der Waals surface area contributed by atoms with Crippen molar-refractivity contribution >= 4 is 17.4 Å². The van der Waals surface area contributed by atoms with Crippen LogP contribution in [-0.4, -0.2) is 17.3 Å². The summed E-state index contributed by atoms with van der Waals surface area (Å²) < 4.78 is 0. The third kappa shape index (κ3) is 3.83. The molecule has 3 unspecified atom stereocenters. The van der Waals surface area contributed by atoms with Gasteiger partial charge in [-0.05, 0) is 55.1 Å². The van der Waals surface area contributed by atoms with Gasteiger partial charge in [-0.1, -0.05) is 37.3 Å². The second kappa shape index (κ2) is 7.19. The van der Waals surface area contributed by atoms with Crippen LogP contribution in [0.4, 0.5) is 5.69 Å². The third-order valence-electron chi connectivity index (χ3n) is 4.53. The van der Waals surface area contributed by atoms with E-state index in [0.717, 1.165) is 16.6 Å². The second-order valence-electron chi connectivity index (χ2n) is 6.35. The molecule has 1 aliphatic carbocycles. The zero-order chi connectivity index (χ0) is 15.4. The molecule has 1 N–H and O–H groups in total. The summed E-state index contributed by atoms with van der Waals surface area (Å²) in [5.74, 6) is 1.43. The van der Waals surface area contributed by atoms with Gasteiger partial charge in [0, 0.05) is 6.04 Å². The number of nitrogens with one attached hydrogen (secondary N) is 1. The van der Waals surface area contributed by atoms with Crippen LogP contribution < -0.4 is 5.32 Å². The molecule has 1 fully saturated rings. The molecule has 3 heteroatoms. The molecule has 0 radical (unpaired) electrons. The molecule has 1 aliphatic rings. The standard InChI is InChI=1S/C19H24N2S/c1-14-10-16(15-6-4-3-5-7-15)12-18(11-14)21-17-8-9-19(22-2)20-13-17/h3-9,13-14,16,18,21H,10-12H2,1-2H3. The van der Waals surface area contributed by atoms with Crippen LogP contribution in [0.2, 0.25) is 0 Å². The number of thioether (sulfide) groups is 1. The van der Waals surface area contributed by atoms with Gasteiger partial charge in [-0.2, -0.15) is 0 Å². The highest BCUT2D eigenvalue weighted by molar-refractivity contribution is 7.98. The summed E-state index contributed by atoms with van der Waals surface area (Å²) in [5.41, 5.74) is 2.63. The summed E-state index contributed by atoms with van der Waals surface area (Å²) >= 11 is 1.68. The minimum atomic E-state index is 0.538. The van der Waals surface area contributed by atoms with Gasteiger partial charge in [0.25, 0.3) is 0 Å². The molecular formula is C19H24N2S. The Morgan fingerprint density at radius 3 is 2.55 bits per heavy atom. The first kappa shape index (κ1) is 15.4. The van der Waals surface area contributed by atoms with Crippen molar-refractivity contribution in [3.05, 3.63) is 54.2 Å². The maximum Gasteiger partial charge on any atom is 0.0958 e. The van der Waals surface area contributed by atoms with E-state index in [9.17, 15) is 0 Å². The Bertz CT molecular complexity index is 582. The molecule has 1 heterocycles. The van der Waals surface area contributed by atoms with E-state index in [1.165, 1.54) is 24.8 Å². The Labute approximate surface area is 137 Å². The van der Waals surface area contributed by atoms with Gasteiger partial charge in [0.1, 0.15) is 0 Å². The van der Waals surface area contributed by atoms with E-state index in [2.05, 4.69) is 65.9 Å². The Morgan fingerprint density at radius 1 is 1.05 bits per heavy atom. The predicted molar refractivity (Wildman–Crippen MR) is 95.6 cm³/mol. The third-order valence-corrected chi connectivity index (χ3v) is 5.19. The summed E-state index contributed by atoms with van der Waals surface area (Å²) in [6.07, 6.45) is 7.77. The normalized spacial score (nSPS) is 24.9. The lowest BCUT2D eigenvalue weighted by Crippen LogP contribution is -2.30. The summed E-state index contributed by atoms with van der Waals surface area (Å²) in [4.78, 5) is 4.46.